The van der Waals surface area contributed by atoms with Gasteiger partial charge in [0.25, 0.3) is 0 Å². The molecule has 3 aromatic heterocycles. The topological polar surface area (TPSA) is 88.8 Å². The van der Waals surface area contributed by atoms with Crippen LogP contribution in [0.15, 0.2) is 24.3 Å². The monoisotopic (exact) mass is 459 g/mol. The minimum absolute atomic E-state index is 0.0296. The zero-order chi connectivity index (χ0) is 24.4. The summed E-state index contributed by atoms with van der Waals surface area (Å²) in [6.45, 7) is 11.3. The Morgan fingerprint density at radius 3 is 2.41 bits per heavy atom. The standard InChI is InChI=1S/C26H33N7O/c1-16-12-17(2)29-26(28-16)30-22-13-18(3)27-24(14-22)21-8-7-11-33(15-21)25(34)10-9-23-19(4)31-32(6)20(23)5/h9-10,12-14,21H,7-8,11,15H2,1-6H3,(H,27,28,29,30)/b10-9+/t21-/m1/s1. The normalized spacial score (nSPS) is 16.3. The second kappa shape index (κ2) is 9.75. The molecule has 1 aliphatic heterocycles. The minimum Gasteiger partial charge on any atom is -0.338 e. The highest BCUT2D eigenvalue weighted by Crippen LogP contribution is 2.29. The maximum absolute atomic E-state index is 13.0. The molecular formula is C26H33N7O. The summed E-state index contributed by atoms with van der Waals surface area (Å²) in [6, 6.07) is 6.01. The Morgan fingerprint density at radius 1 is 1.03 bits per heavy atom. The highest BCUT2D eigenvalue weighted by atomic mass is 16.2. The smallest absolute Gasteiger partial charge is 0.246 e. The van der Waals surface area contributed by atoms with Crippen LogP contribution >= 0.6 is 0 Å². The Bertz CT molecular complexity index is 1220. The second-order valence-electron chi connectivity index (χ2n) is 9.19. The third-order valence-corrected chi connectivity index (χ3v) is 6.32. The average molecular weight is 460 g/mol. The van der Waals surface area contributed by atoms with Gasteiger partial charge in [0.15, 0.2) is 0 Å². The molecule has 1 atom stereocenters. The van der Waals surface area contributed by atoms with Crippen LogP contribution in [0.4, 0.5) is 11.6 Å². The third-order valence-electron chi connectivity index (χ3n) is 6.32. The zero-order valence-corrected chi connectivity index (χ0v) is 20.9. The molecule has 0 bridgehead atoms. The fourth-order valence-electron chi connectivity index (χ4n) is 4.60. The van der Waals surface area contributed by atoms with Crippen LogP contribution in [-0.4, -0.2) is 48.6 Å². The van der Waals surface area contributed by atoms with E-state index >= 15 is 0 Å². The van der Waals surface area contributed by atoms with E-state index < -0.39 is 0 Å². The van der Waals surface area contributed by atoms with Crippen LogP contribution in [0.3, 0.4) is 0 Å². The van der Waals surface area contributed by atoms with E-state index in [-0.39, 0.29) is 11.8 Å². The van der Waals surface area contributed by atoms with Crippen LogP contribution in [0.25, 0.3) is 6.08 Å². The van der Waals surface area contributed by atoms with E-state index in [0.717, 1.165) is 64.8 Å². The predicted octanol–water partition coefficient (Wildman–Crippen LogP) is 4.31. The fourth-order valence-corrected chi connectivity index (χ4v) is 4.60. The average Bonchev–Trinajstić information content (AvgIpc) is 3.02. The summed E-state index contributed by atoms with van der Waals surface area (Å²) in [5.74, 6) is 0.802. The van der Waals surface area contributed by atoms with Crippen molar-refractivity contribution >= 4 is 23.6 Å². The molecular weight excluding hydrogens is 426 g/mol. The van der Waals surface area contributed by atoms with Crippen molar-refractivity contribution in [1.29, 1.82) is 0 Å². The largest absolute Gasteiger partial charge is 0.338 e. The summed E-state index contributed by atoms with van der Waals surface area (Å²) < 4.78 is 1.84. The van der Waals surface area contributed by atoms with Gasteiger partial charge in [0.2, 0.25) is 11.9 Å². The quantitative estimate of drug-likeness (QED) is 0.572. The van der Waals surface area contributed by atoms with Gasteiger partial charge in [0.05, 0.1) is 5.69 Å². The number of anilines is 2. The summed E-state index contributed by atoms with van der Waals surface area (Å²) in [4.78, 5) is 28.7. The van der Waals surface area contributed by atoms with Gasteiger partial charge in [0.1, 0.15) is 0 Å². The van der Waals surface area contributed by atoms with Gasteiger partial charge in [-0.2, -0.15) is 5.10 Å². The molecule has 0 radical (unpaired) electrons. The van der Waals surface area contributed by atoms with E-state index in [1.165, 1.54) is 0 Å². The molecule has 8 heteroatoms. The van der Waals surface area contributed by atoms with E-state index in [1.54, 1.807) is 6.08 Å². The van der Waals surface area contributed by atoms with Crippen LogP contribution in [0.5, 0.6) is 0 Å². The molecule has 0 saturated carbocycles. The first kappa shape index (κ1) is 23.6. The van der Waals surface area contributed by atoms with Crippen molar-refractivity contribution in [2.24, 2.45) is 7.05 Å². The Labute approximate surface area is 201 Å². The van der Waals surface area contributed by atoms with E-state index in [4.69, 9.17) is 4.98 Å². The van der Waals surface area contributed by atoms with Crippen molar-refractivity contribution in [2.75, 3.05) is 18.4 Å². The Balaban J connectivity index is 1.49. The molecule has 8 nitrogen and oxygen atoms in total. The highest BCUT2D eigenvalue weighted by molar-refractivity contribution is 5.92. The number of likely N-dealkylation sites (tertiary alicyclic amines) is 1. The van der Waals surface area contributed by atoms with Crippen molar-refractivity contribution in [3.05, 3.63) is 64.0 Å². The Kier molecular flexibility index (Phi) is 6.77. The molecule has 34 heavy (non-hydrogen) atoms. The first-order valence-corrected chi connectivity index (χ1v) is 11.7. The first-order valence-electron chi connectivity index (χ1n) is 11.7. The number of aromatic nitrogens is 5. The van der Waals surface area contributed by atoms with Crippen LogP contribution in [0.1, 0.15) is 58.5 Å². The summed E-state index contributed by atoms with van der Waals surface area (Å²) in [5.41, 5.74) is 7.67. The van der Waals surface area contributed by atoms with Crippen molar-refractivity contribution in [2.45, 2.75) is 53.4 Å². The van der Waals surface area contributed by atoms with E-state index in [9.17, 15) is 4.79 Å². The fraction of sp³-hybridized carbons (Fsp3) is 0.423. The van der Waals surface area contributed by atoms with Crippen LogP contribution in [0.2, 0.25) is 0 Å². The molecule has 178 valence electrons. The van der Waals surface area contributed by atoms with Gasteiger partial charge in [-0.15, -0.1) is 0 Å². The molecule has 1 saturated heterocycles. The molecule has 1 N–H and O–H groups in total. The lowest BCUT2D eigenvalue weighted by Crippen LogP contribution is -2.38. The van der Waals surface area contributed by atoms with Gasteiger partial charge in [-0.3, -0.25) is 14.5 Å². The third kappa shape index (κ3) is 5.32. The molecule has 4 rings (SSSR count). The van der Waals surface area contributed by atoms with E-state index in [2.05, 4.69) is 26.4 Å². The van der Waals surface area contributed by atoms with Gasteiger partial charge >= 0.3 is 0 Å². The molecule has 1 aliphatic rings. The molecule has 1 amide bonds. The Morgan fingerprint density at radius 2 is 1.74 bits per heavy atom. The van der Waals surface area contributed by atoms with Crippen LogP contribution in [0, 0.1) is 34.6 Å². The first-order chi connectivity index (χ1) is 16.2. The SMILES string of the molecule is Cc1cc(Nc2nc(C)cc(C)n2)cc([C@@H]2CCCN(C(=O)/C=C/c3c(C)nn(C)c3C)C2)n1. The second-order valence-corrected chi connectivity index (χ2v) is 9.19. The maximum atomic E-state index is 13.0. The van der Waals surface area contributed by atoms with Crippen molar-refractivity contribution in [1.82, 2.24) is 29.6 Å². The van der Waals surface area contributed by atoms with Crippen LogP contribution in [-0.2, 0) is 11.8 Å². The predicted molar refractivity (Wildman–Crippen MR) is 134 cm³/mol. The van der Waals surface area contributed by atoms with Gasteiger partial charge in [0, 0.05) is 71.9 Å². The molecule has 3 aromatic rings. The summed E-state index contributed by atoms with van der Waals surface area (Å²) in [7, 11) is 1.92. The van der Waals surface area contributed by atoms with Gasteiger partial charge in [-0.1, -0.05) is 0 Å². The van der Waals surface area contributed by atoms with E-state index in [1.807, 2.05) is 69.5 Å². The number of rotatable bonds is 5. The lowest BCUT2D eigenvalue weighted by atomic mass is 9.93. The number of piperidine rings is 1. The highest BCUT2D eigenvalue weighted by Gasteiger charge is 2.25. The number of hydrogen-bond acceptors (Lipinski definition) is 6. The summed E-state index contributed by atoms with van der Waals surface area (Å²) in [5, 5.41) is 7.76. The van der Waals surface area contributed by atoms with Crippen molar-refractivity contribution in [3.8, 4) is 0 Å². The minimum atomic E-state index is 0.0296. The number of hydrogen-bond donors (Lipinski definition) is 1. The molecule has 0 unspecified atom stereocenters. The van der Waals surface area contributed by atoms with Gasteiger partial charge in [-0.05, 0) is 71.7 Å². The molecule has 0 spiro atoms. The number of pyridine rings is 1. The number of nitrogens with one attached hydrogen (secondary N) is 1. The van der Waals surface area contributed by atoms with Crippen molar-refractivity contribution < 1.29 is 4.79 Å². The zero-order valence-electron chi connectivity index (χ0n) is 20.9. The molecule has 4 heterocycles. The lowest BCUT2D eigenvalue weighted by Gasteiger charge is -2.32. The van der Waals surface area contributed by atoms with Gasteiger partial charge < -0.3 is 10.2 Å². The van der Waals surface area contributed by atoms with E-state index in [0.29, 0.717) is 12.5 Å². The Hall–Kier alpha value is -3.55. The number of nitrogens with zero attached hydrogens (tertiary/aromatic N) is 6. The molecule has 1 fully saturated rings. The van der Waals surface area contributed by atoms with Crippen LogP contribution < -0.4 is 5.32 Å². The molecule has 0 aliphatic carbocycles. The number of carbonyl (C=O) groups excluding carboxylic acids is 1. The summed E-state index contributed by atoms with van der Waals surface area (Å²) >= 11 is 0. The number of amides is 1. The number of carbonyl (C=O) groups is 1. The summed E-state index contributed by atoms with van der Waals surface area (Å²) in [6.07, 6.45) is 5.52. The van der Waals surface area contributed by atoms with Crippen molar-refractivity contribution in [3.63, 3.8) is 0 Å². The maximum Gasteiger partial charge on any atom is 0.246 e. The molecule has 0 aromatic carbocycles. The van der Waals surface area contributed by atoms with Gasteiger partial charge in [-0.25, -0.2) is 9.97 Å². The number of aryl methyl sites for hydroxylation is 5. The lowest BCUT2D eigenvalue weighted by molar-refractivity contribution is -0.127.